The molecule has 2 N–H and O–H groups in total. The van der Waals surface area contributed by atoms with Gasteiger partial charge in [0.2, 0.25) is 0 Å². The summed E-state index contributed by atoms with van der Waals surface area (Å²) in [6.45, 7) is 10.5. The molecular weight excluding hydrogens is 258 g/mol. The highest BCUT2D eigenvalue weighted by Crippen LogP contribution is 2.34. The molecule has 1 aromatic carbocycles. The Balaban J connectivity index is 2.00. The first kappa shape index (κ1) is 14.4. The fourth-order valence-electron chi connectivity index (χ4n) is 3.51. The second-order valence-corrected chi connectivity index (χ2v) is 5.88. The van der Waals surface area contributed by atoms with Crippen LogP contribution >= 0.6 is 0 Å². The van der Waals surface area contributed by atoms with Crippen LogP contribution in [-0.4, -0.2) is 36.1 Å². The molecule has 112 valence electrons. The minimum atomic E-state index is 0.487. The molecule has 1 aliphatic heterocycles. The van der Waals surface area contributed by atoms with Crippen LogP contribution in [0, 0.1) is 6.92 Å². The molecule has 0 saturated carbocycles. The lowest BCUT2D eigenvalue weighted by Crippen LogP contribution is -2.45. The van der Waals surface area contributed by atoms with Crippen LogP contribution in [-0.2, 0) is 0 Å². The summed E-state index contributed by atoms with van der Waals surface area (Å²) in [6, 6.07) is 9.15. The van der Waals surface area contributed by atoms with Gasteiger partial charge in [-0.3, -0.25) is 4.90 Å². The van der Waals surface area contributed by atoms with Gasteiger partial charge in [0, 0.05) is 48.8 Å². The Labute approximate surface area is 127 Å². The van der Waals surface area contributed by atoms with Crippen molar-refractivity contribution in [2.24, 2.45) is 0 Å². The molecule has 2 heterocycles. The normalized spacial score (nSPS) is 18.0. The number of aromatic nitrogens is 1. The summed E-state index contributed by atoms with van der Waals surface area (Å²) >= 11 is 0. The summed E-state index contributed by atoms with van der Waals surface area (Å²) in [5.74, 6) is 0. The highest BCUT2D eigenvalue weighted by molar-refractivity contribution is 5.85. The van der Waals surface area contributed by atoms with Crippen LogP contribution in [0.25, 0.3) is 10.9 Å². The van der Waals surface area contributed by atoms with Crippen molar-refractivity contribution in [2.75, 3.05) is 26.2 Å². The third kappa shape index (κ3) is 2.89. The number of aromatic amines is 1. The summed E-state index contributed by atoms with van der Waals surface area (Å²) in [6.07, 6.45) is 4.25. The number of hydrogen-bond donors (Lipinski definition) is 2. The van der Waals surface area contributed by atoms with E-state index in [-0.39, 0.29) is 0 Å². The zero-order valence-electron chi connectivity index (χ0n) is 12.9. The lowest BCUT2D eigenvalue weighted by molar-refractivity contribution is 0.166. The average molecular weight is 283 g/mol. The molecule has 1 aliphatic rings. The van der Waals surface area contributed by atoms with Crippen LogP contribution in [0.4, 0.5) is 0 Å². The van der Waals surface area contributed by atoms with Gasteiger partial charge in [0.25, 0.3) is 0 Å². The van der Waals surface area contributed by atoms with Crippen LogP contribution < -0.4 is 5.32 Å². The molecule has 1 saturated heterocycles. The Kier molecular flexibility index (Phi) is 4.42. The first-order valence-corrected chi connectivity index (χ1v) is 7.94. The van der Waals surface area contributed by atoms with Gasteiger partial charge in [0.05, 0.1) is 0 Å². The smallest absolute Gasteiger partial charge is 0.0459 e. The highest BCUT2D eigenvalue weighted by atomic mass is 15.2. The van der Waals surface area contributed by atoms with Crippen LogP contribution in [0.15, 0.2) is 36.9 Å². The molecule has 0 unspecified atom stereocenters. The lowest BCUT2D eigenvalue weighted by Gasteiger charge is -2.35. The number of nitrogens with zero attached hydrogens (tertiary/aromatic N) is 1. The van der Waals surface area contributed by atoms with Crippen molar-refractivity contribution >= 4 is 10.9 Å². The van der Waals surface area contributed by atoms with E-state index in [0.717, 1.165) is 39.0 Å². The van der Waals surface area contributed by atoms with Crippen LogP contribution in [0.2, 0.25) is 0 Å². The molecule has 0 spiro atoms. The summed E-state index contributed by atoms with van der Waals surface area (Å²) in [7, 11) is 0. The molecule has 1 atom stereocenters. The SMILES string of the molecule is C=CCC[C@H](c1c(C)[nH]c2ccccc12)N1CCNCC1. The van der Waals surface area contributed by atoms with Crippen molar-refractivity contribution in [3.8, 4) is 0 Å². The van der Waals surface area contributed by atoms with Crippen LogP contribution in [0.5, 0.6) is 0 Å². The number of para-hydroxylation sites is 1. The molecular formula is C18H25N3. The van der Waals surface area contributed by atoms with Crippen molar-refractivity contribution in [1.82, 2.24) is 15.2 Å². The largest absolute Gasteiger partial charge is 0.358 e. The van der Waals surface area contributed by atoms with Gasteiger partial charge in [0.1, 0.15) is 0 Å². The number of aryl methyl sites for hydroxylation is 1. The van der Waals surface area contributed by atoms with Gasteiger partial charge < -0.3 is 10.3 Å². The Morgan fingerprint density at radius 1 is 1.29 bits per heavy atom. The molecule has 2 aromatic rings. The minimum Gasteiger partial charge on any atom is -0.358 e. The van der Waals surface area contributed by atoms with Crippen LogP contribution in [0.3, 0.4) is 0 Å². The Morgan fingerprint density at radius 3 is 2.81 bits per heavy atom. The summed E-state index contributed by atoms with van der Waals surface area (Å²) in [5.41, 5.74) is 4.04. The average Bonchev–Trinajstić information content (AvgIpc) is 2.85. The molecule has 21 heavy (non-hydrogen) atoms. The number of fused-ring (bicyclic) bond motifs is 1. The second-order valence-electron chi connectivity index (χ2n) is 5.88. The molecule has 3 nitrogen and oxygen atoms in total. The third-order valence-corrected chi connectivity index (χ3v) is 4.51. The quantitative estimate of drug-likeness (QED) is 0.824. The van der Waals surface area contributed by atoms with Crippen molar-refractivity contribution in [3.05, 3.63) is 48.2 Å². The van der Waals surface area contributed by atoms with Gasteiger partial charge in [0.15, 0.2) is 0 Å². The Bertz CT molecular complexity index is 608. The second kappa shape index (κ2) is 6.46. The van der Waals surface area contributed by atoms with E-state index in [4.69, 9.17) is 0 Å². The van der Waals surface area contributed by atoms with Crippen molar-refractivity contribution in [1.29, 1.82) is 0 Å². The molecule has 0 bridgehead atoms. The summed E-state index contributed by atoms with van der Waals surface area (Å²) < 4.78 is 0. The fraction of sp³-hybridized carbons (Fsp3) is 0.444. The van der Waals surface area contributed by atoms with Gasteiger partial charge in [-0.1, -0.05) is 24.3 Å². The molecule has 3 rings (SSSR count). The minimum absolute atomic E-state index is 0.487. The van der Waals surface area contributed by atoms with Crippen molar-refractivity contribution < 1.29 is 0 Å². The Hall–Kier alpha value is -1.58. The number of nitrogens with one attached hydrogen (secondary N) is 2. The number of allylic oxidation sites excluding steroid dienone is 1. The van der Waals surface area contributed by atoms with Gasteiger partial charge in [-0.05, 0) is 31.4 Å². The maximum Gasteiger partial charge on any atom is 0.0459 e. The van der Waals surface area contributed by atoms with E-state index in [2.05, 4.69) is 53.0 Å². The number of benzene rings is 1. The molecule has 0 radical (unpaired) electrons. The van der Waals surface area contributed by atoms with Crippen LogP contribution in [0.1, 0.15) is 30.1 Å². The van der Waals surface area contributed by atoms with Gasteiger partial charge in [-0.25, -0.2) is 0 Å². The predicted molar refractivity (Wildman–Crippen MR) is 89.7 cm³/mol. The summed E-state index contributed by atoms with van der Waals surface area (Å²) in [5, 5.41) is 4.83. The standard InChI is InChI=1S/C18H25N3/c1-3-4-9-17(21-12-10-19-11-13-21)18-14(2)20-16-8-6-5-7-15(16)18/h3,5-8,17,19-20H,1,4,9-13H2,2H3/t17-/m1/s1. The Morgan fingerprint density at radius 2 is 2.05 bits per heavy atom. The van der Waals surface area contributed by atoms with E-state index in [1.807, 2.05) is 6.08 Å². The monoisotopic (exact) mass is 283 g/mol. The fourth-order valence-corrected chi connectivity index (χ4v) is 3.51. The zero-order chi connectivity index (χ0) is 14.7. The maximum atomic E-state index is 3.91. The van der Waals surface area contributed by atoms with E-state index in [9.17, 15) is 0 Å². The first-order valence-electron chi connectivity index (χ1n) is 7.94. The molecule has 0 amide bonds. The molecule has 3 heteroatoms. The summed E-state index contributed by atoms with van der Waals surface area (Å²) in [4.78, 5) is 6.18. The molecule has 0 aliphatic carbocycles. The number of H-pyrrole nitrogens is 1. The van der Waals surface area contributed by atoms with Gasteiger partial charge in [-0.2, -0.15) is 0 Å². The zero-order valence-corrected chi connectivity index (χ0v) is 12.9. The van der Waals surface area contributed by atoms with Crippen molar-refractivity contribution in [3.63, 3.8) is 0 Å². The van der Waals surface area contributed by atoms with E-state index >= 15 is 0 Å². The molecule has 1 aromatic heterocycles. The lowest BCUT2D eigenvalue weighted by atomic mass is 9.96. The predicted octanol–water partition coefficient (Wildman–Crippen LogP) is 3.39. The van der Waals surface area contributed by atoms with E-state index < -0.39 is 0 Å². The van der Waals surface area contributed by atoms with Gasteiger partial charge in [-0.15, -0.1) is 6.58 Å². The molecule has 1 fully saturated rings. The van der Waals surface area contributed by atoms with E-state index in [0.29, 0.717) is 6.04 Å². The highest BCUT2D eigenvalue weighted by Gasteiger charge is 2.25. The first-order chi connectivity index (χ1) is 10.3. The van der Waals surface area contributed by atoms with E-state index in [1.54, 1.807) is 0 Å². The maximum absolute atomic E-state index is 3.91. The number of piperazine rings is 1. The number of hydrogen-bond acceptors (Lipinski definition) is 2. The van der Waals surface area contributed by atoms with Gasteiger partial charge >= 0.3 is 0 Å². The third-order valence-electron chi connectivity index (χ3n) is 4.51. The number of rotatable bonds is 5. The topological polar surface area (TPSA) is 31.1 Å². The van der Waals surface area contributed by atoms with Crippen molar-refractivity contribution in [2.45, 2.75) is 25.8 Å². The van der Waals surface area contributed by atoms with E-state index in [1.165, 1.54) is 22.2 Å².